The third kappa shape index (κ3) is 4.23. The van der Waals surface area contributed by atoms with Crippen LogP contribution in [0.1, 0.15) is 67.8 Å². The molecule has 2 aromatic carbocycles. The summed E-state index contributed by atoms with van der Waals surface area (Å²) in [7, 11) is 0. The summed E-state index contributed by atoms with van der Waals surface area (Å²) in [4.78, 5) is 0. The van der Waals surface area contributed by atoms with Gasteiger partial charge in [-0.25, -0.2) is 0 Å². The lowest BCUT2D eigenvalue weighted by Gasteiger charge is -2.26. The quantitative estimate of drug-likeness (QED) is 0.545. The minimum atomic E-state index is 0. The number of hydrogen-bond donors (Lipinski definition) is 0. The molecule has 26 heavy (non-hydrogen) atoms. The van der Waals surface area contributed by atoms with Gasteiger partial charge in [-0.2, -0.15) is 0 Å². The van der Waals surface area contributed by atoms with Crippen LogP contribution in [0.3, 0.4) is 0 Å². The Hall–Kier alpha value is -1.96. The lowest BCUT2D eigenvalue weighted by molar-refractivity contribution is 0.119. The van der Waals surface area contributed by atoms with Gasteiger partial charge < -0.3 is 9.47 Å². The van der Waals surface area contributed by atoms with E-state index in [0.717, 1.165) is 23.3 Å². The van der Waals surface area contributed by atoms with Crippen LogP contribution in [0.4, 0.5) is 0 Å². The molecule has 3 rings (SSSR count). The van der Waals surface area contributed by atoms with Crippen molar-refractivity contribution in [1.29, 1.82) is 0 Å². The van der Waals surface area contributed by atoms with Crippen LogP contribution in [0.15, 0.2) is 30.3 Å². The van der Waals surface area contributed by atoms with Gasteiger partial charge in [0.15, 0.2) is 0 Å². The van der Waals surface area contributed by atoms with E-state index in [1.165, 1.54) is 53.5 Å². The van der Waals surface area contributed by atoms with E-state index in [0.29, 0.717) is 0 Å². The first-order valence-corrected chi connectivity index (χ1v) is 9.88. The second-order valence-corrected chi connectivity index (χ2v) is 8.00. The van der Waals surface area contributed by atoms with Crippen molar-refractivity contribution in [1.82, 2.24) is 0 Å². The highest BCUT2D eigenvalue weighted by molar-refractivity contribution is 5.47. The molecule has 0 radical (unpaired) electrons. The Kier molecular flexibility index (Phi) is 5.90. The minimum Gasteiger partial charge on any atom is -0.458 e. The van der Waals surface area contributed by atoms with Gasteiger partial charge >= 0.3 is 0 Å². The molecule has 0 unspecified atom stereocenters. The van der Waals surface area contributed by atoms with Crippen LogP contribution in [0.5, 0.6) is 11.5 Å². The molecule has 1 saturated carbocycles. The number of aryl methyl sites for hydroxylation is 1. The smallest absolute Gasteiger partial charge is 0.230 e. The third-order valence-corrected chi connectivity index (χ3v) is 6.24. The summed E-state index contributed by atoms with van der Waals surface area (Å²) >= 11 is 0. The number of benzene rings is 2. The highest BCUT2D eigenvalue weighted by Crippen LogP contribution is 2.36. The molecule has 0 saturated heterocycles. The molecule has 1 aliphatic rings. The summed E-state index contributed by atoms with van der Waals surface area (Å²) in [5.74, 6) is 3.40. The van der Waals surface area contributed by atoms with E-state index in [-0.39, 0.29) is 8.22 Å². The average Bonchev–Trinajstić information content (AvgIpc) is 2.65. The van der Waals surface area contributed by atoms with Crippen LogP contribution >= 0.6 is 0 Å². The number of hydrogen-bond acceptors (Lipinski definition) is 2. The molecule has 0 heterocycles. The van der Waals surface area contributed by atoms with Crippen molar-refractivity contribution in [2.45, 2.75) is 66.2 Å². The van der Waals surface area contributed by atoms with Crippen molar-refractivity contribution < 1.29 is 10.9 Å². The van der Waals surface area contributed by atoms with Gasteiger partial charge in [-0.05, 0) is 98.4 Å². The van der Waals surface area contributed by atoms with Crippen LogP contribution in [0.2, 0.25) is 0 Å². The molecule has 1 fully saturated rings. The molecule has 0 bridgehead atoms. The first-order valence-electron chi connectivity index (χ1n) is 9.88. The van der Waals surface area contributed by atoms with Crippen LogP contribution in [0, 0.1) is 33.6 Å². The SMILES string of the molecule is Cc1cc(OCOc2ccc(C3CCC(C)CC3)cc2)c(C)c(C)c1C.[HH]. The predicted molar refractivity (Wildman–Crippen MR) is 110 cm³/mol. The highest BCUT2D eigenvalue weighted by Gasteiger charge is 2.19. The summed E-state index contributed by atoms with van der Waals surface area (Å²) in [6, 6.07) is 10.7. The molecule has 2 heteroatoms. The molecular formula is C24H34O2. The normalized spacial score (nSPS) is 20.0. The summed E-state index contributed by atoms with van der Waals surface area (Å²) in [5, 5.41) is 0. The van der Waals surface area contributed by atoms with Gasteiger partial charge in [-0.3, -0.25) is 0 Å². The predicted octanol–water partition coefficient (Wildman–Crippen LogP) is 6.88. The molecule has 0 amide bonds. The molecule has 0 spiro atoms. The zero-order valence-corrected chi connectivity index (χ0v) is 16.9. The maximum Gasteiger partial charge on any atom is 0.230 e. The lowest BCUT2D eigenvalue weighted by atomic mass is 9.79. The molecular weight excluding hydrogens is 320 g/mol. The monoisotopic (exact) mass is 354 g/mol. The fourth-order valence-electron chi connectivity index (χ4n) is 3.92. The van der Waals surface area contributed by atoms with Gasteiger partial charge in [-0.1, -0.05) is 31.9 Å². The molecule has 0 aromatic heterocycles. The maximum absolute atomic E-state index is 5.89. The molecule has 142 valence electrons. The third-order valence-electron chi connectivity index (χ3n) is 6.24. The first-order chi connectivity index (χ1) is 12.5. The summed E-state index contributed by atoms with van der Waals surface area (Å²) in [5.41, 5.74) is 6.54. The van der Waals surface area contributed by atoms with Crippen LogP contribution in [0.25, 0.3) is 0 Å². The average molecular weight is 355 g/mol. The first kappa shape index (κ1) is 18.8. The Balaban J connectivity index is 0.00000261. The fourth-order valence-corrected chi connectivity index (χ4v) is 3.92. The van der Waals surface area contributed by atoms with Gasteiger partial charge in [-0.15, -0.1) is 0 Å². The topological polar surface area (TPSA) is 18.5 Å². The zero-order valence-electron chi connectivity index (χ0n) is 16.9. The molecule has 0 N–H and O–H groups in total. The highest BCUT2D eigenvalue weighted by atomic mass is 16.7. The summed E-state index contributed by atoms with van der Waals surface area (Å²) in [6.45, 7) is 11.1. The molecule has 0 atom stereocenters. The zero-order chi connectivity index (χ0) is 18.7. The Morgan fingerprint density at radius 3 is 2.15 bits per heavy atom. The second-order valence-electron chi connectivity index (χ2n) is 8.00. The van der Waals surface area contributed by atoms with E-state index >= 15 is 0 Å². The number of ether oxygens (including phenoxy) is 2. The van der Waals surface area contributed by atoms with Crippen LogP contribution in [-0.4, -0.2) is 6.79 Å². The van der Waals surface area contributed by atoms with Crippen molar-refractivity contribution in [3.63, 3.8) is 0 Å². The van der Waals surface area contributed by atoms with E-state index in [4.69, 9.17) is 9.47 Å². The molecule has 1 aliphatic carbocycles. The maximum atomic E-state index is 5.89. The molecule has 0 aliphatic heterocycles. The van der Waals surface area contributed by atoms with E-state index in [2.05, 4.69) is 65.0 Å². The van der Waals surface area contributed by atoms with E-state index < -0.39 is 0 Å². The summed E-state index contributed by atoms with van der Waals surface area (Å²) < 4.78 is 11.7. The molecule has 2 aromatic rings. The van der Waals surface area contributed by atoms with Crippen molar-refractivity contribution >= 4 is 0 Å². The van der Waals surface area contributed by atoms with E-state index in [1.54, 1.807) is 0 Å². The van der Waals surface area contributed by atoms with E-state index in [1.807, 2.05) is 0 Å². The minimum absolute atomic E-state index is 0. The van der Waals surface area contributed by atoms with Crippen LogP contribution in [-0.2, 0) is 0 Å². The van der Waals surface area contributed by atoms with Gasteiger partial charge in [0, 0.05) is 1.43 Å². The Bertz CT molecular complexity index is 744. The van der Waals surface area contributed by atoms with Gasteiger partial charge in [0.2, 0.25) is 6.79 Å². The Labute approximate surface area is 160 Å². The fraction of sp³-hybridized carbons (Fsp3) is 0.500. The largest absolute Gasteiger partial charge is 0.458 e. The van der Waals surface area contributed by atoms with Crippen molar-refractivity contribution in [3.8, 4) is 11.5 Å². The second kappa shape index (κ2) is 8.16. The van der Waals surface area contributed by atoms with Gasteiger partial charge in [0.1, 0.15) is 11.5 Å². The van der Waals surface area contributed by atoms with Crippen LogP contribution < -0.4 is 9.47 Å². The van der Waals surface area contributed by atoms with Crippen molar-refractivity contribution in [3.05, 3.63) is 58.1 Å². The molecule has 2 nitrogen and oxygen atoms in total. The Morgan fingerprint density at radius 2 is 1.50 bits per heavy atom. The summed E-state index contributed by atoms with van der Waals surface area (Å²) in [6.07, 6.45) is 5.34. The van der Waals surface area contributed by atoms with Gasteiger partial charge in [0.25, 0.3) is 0 Å². The number of rotatable bonds is 5. The lowest BCUT2D eigenvalue weighted by Crippen LogP contribution is -2.11. The van der Waals surface area contributed by atoms with Gasteiger partial charge in [0.05, 0.1) is 0 Å². The van der Waals surface area contributed by atoms with Crippen molar-refractivity contribution in [2.75, 3.05) is 6.79 Å². The Morgan fingerprint density at radius 1 is 0.846 bits per heavy atom. The van der Waals surface area contributed by atoms with Crippen molar-refractivity contribution in [2.24, 2.45) is 5.92 Å². The van der Waals surface area contributed by atoms with E-state index in [9.17, 15) is 0 Å². The standard InChI is InChI=1S/C24H32O2.H2/c1-16-6-8-21(9-7-16)22-10-12-23(13-11-22)25-15-26-24-14-17(2)18(3)19(4)20(24)5;/h10-14,16,21H,6-9,15H2,1-5H3;1H.